The van der Waals surface area contributed by atoms with Crippen molar-refractivity contribution in [2.75, 3.05) is 0 Å². The summed E-state index contributed by atoms with van der Waals surface area (Å²) in [4.78, 5) is 12.0. The normalized spacial score (nSPS) is 16.2. The van der Waals surface area contributed by atoms with Crippen LogP contribution in [0.4, 0.5) is 0 Å². The van der Waals surface area contributed by atoms with Crippen molar-refractivity contribution in [3.05, 3.63) is 53.1 Å². The molecule has 2 aromatic carbocycles. The zero-order valence-electron chi connectivity index (χ0n) is 15.0. The van der Waals surface area contributed by atoms with E-state index in [2.05, 4.69) is 44.2 Å². The third kappa shape index (κ3) is 3.24. The summed E-state index contributed by atoms with van der Waals surface area (Å²) in [5.74, 6) is 0.424. The molecule has 0 aromatic heterocycles. The van der Waals surface area contributed by atoms with Gasteiger partial charge in [-0.05, 0) is 46.7 Å². The Hall–Kier alpha value is -2.09. The molecule has 3 rings (SSSR count). The average molecular weight is 322 g/mol. The SMILES string of the molecule is CC(C)CCc1ccc2cccc3c2c1C=CC3OC(=O)C(C)C. The number of rotatable bonds is 5. The first-order valence-electron chi connectivity index (χ1n) is 8.90. The fourth-order valence-electron chi connectivity index (χ4n) is 3.22. The molecule has 126 valence electrons. The second-order valence-corrected chi connectivity index (χ2v) is 7.39. The van der Waals surface area contributed by atoms with Crippen LogP contribution in [0.2, 0.25) is 0 Å². The molecule has 0 amide bonds. The van der Waals surface area contributed by atoms with Gasteiger partial charge in [-0.15, -0.1) is 0 Å². The summed E-state index contributed by atoms with van der Waals surface area (Å²) in [6.45, 7) is 8.26. The number of benzene rings is 2. The first-order valence-corrected chi connectivity index (χ1v) is 8.90. The maximum Gasteiger partial charge on any atom is 0.309 e. The van der Waals surface area contributed by atoms with Gasteiger partial charge in [0.05, 0.1) is 5.92 Å². The summed E-state index contributed by atoms with van der Waals surface area (Å²) in [6, 6.07) is 10.7. The smallest absolute Gasteiger partial charge is 0.309 e. The molecule has 2 aromatic rings. The highest BCUT2D eigenvalue weighted by Crippen LogP contribution is 2.37. The molecule has 0 aliphatic heterocycles. The zero-order valence-corrected chi connectivity index (χ0v) is 15.0. The molecule has 0 radical (unpaired) electrons. The van der Waals surface area contributed by atoms with Gasteiger partial charge in [0.25, 0.3) is 0 Å². The fraction of sp³-hybridized carbons (Fsp3) is 0.409. The van der Waals surface area contributed by atoms with Gasteiger partial charge in [-0.1, -0.05) is 64.1 Å². The average Bonchev–Trinajstić information content (AvgIpc) is 2.56. The molecule has 1 aliphatic carbocycles. The van der Waals surface area contributed by atoms with Crippen molar-refractivity contribution in [3.8, 4) is 0 Å². The number of hydrogen-bond donors (Lipinski definition) is 0. The Morgan fingerprint density at radius 3 is 2.62 bits per heavy atom. The Morgan fingerprint density at radius 1 is 1.12 bits per heavy atom. The van der Waals surface area contributed by atoms with E-state index in [9.17, 15) is 4.79 Å². The largest absolute Gasteiger partial charge is 0.453 e. The van der Waals surface area contributed by atoms with E-state index in [4.69, 9.17) is 4.74 Å². The second kappa shape index (κ2) is 6.80. The molecule has 1 atom stereocenters. The maximum atomic E-state index is 12.0. The summed E-state index contributed by atoms with van der Waals surface area (Å²) in [5.41, 5.74) is 3.78. The lowest BCUT2D eigenvalue weighted by Crippen LogP contribution is -2.16. The summed E-state index contributed by atoms with van der Waals surface area (Å²) >= 11 is 0. The molecular formula is C22H26O2. The van der Waals surface area contributed by atoms with E-state index in [-0.39, 0.29) is 18.0 Å². The Balaban J connectivity index is 2.02. The second-order valence-electron chi connectivity index (χ2n) is 7.39. The zero-order chi connectivity index (χ0) is 17.3. The number of ether oxygens (including phenoxy) is 1. The van der Waals surface area contributed by atoms with E-state index in [0.29, 0.717) is 5.92 Å². The van der Waals surface area contributed by atoms with Crippen LogP contribution < -0.4 is 0 Å². The number of esters is 1. The highest BCUT2D eigenvalue weighted by molar-refractivity contribution is 5.97. The van der Waals surface area contributed by atoms with Crippen LogP contribution in [0.25, 0.3) is 16.8 Å². The van der Waals surface area contributed by atoms with Gasteiger partial charge in [-0.25, -0.2) is 0 Å². The van der Waals surface area contributed by atoms with Crippen LogP contribution in [-0.4, -0.2) is 5.97 Å². The molecule has 0 saturated carbocycles. The van der Waals surface area contributed by atoms with Crippen LogP contribution in [0, 0.1) is 11.8 Å². The monoisotopic (exact) mass is 322 g/mol. The van der Waals surface area contributed by atoms with Crippen LogP contribution in [-0.2, 0) is 16.0 Å². The molecule has 0 saturated heterocycles. The number of carbonyl (C=O) groups excluding carboxylic acids is 1. The molecule has 0 N–H and O–H groups in total. The number of aryl methyl sites for hydroxylation is 1. The third-order valence-electron chi connectivity index (χ3n) is 4.66. The molecule has 1 unspecified atom stereocenters. The van der Waals surface area contributed by atoms with Crippen molar-refractivity contribution in [1.82, 2.24) is 0 Å². The van der Waals surface area contributed by atoms with E-state index >= 15 is 0 Å². The maximum absolute atomic E-state index is 12.0. The summed E-state index contributed by atoms with van der Waals surface area (Å²) in [7, 11) is 0. The Kier molecular flexibility index (Phi) is 4.75. The number of carbonyl (C=O) groups is 1. The van der Waals surface area contributed by atoms with Gasteiger partial charge < -0.3 is 4.74 Å². The third-order valence-corrected chi connectivity index (χ3v) is 4.66. The fourth-order valence-corrected chi connectivity index (χ4v) is 3.22. The van der Waals surface area contributed by atoms with Gasteiger partial charge in [0.1, 0.15) is 6.10 Å². The lowest BCUT2D eigenvalue weighted by Gasteiger charge is -2.24. The molecule has 0 bridgehead atoms. The van der Waals surface area contributed by atoms with Gasteiger partial charge in [-0.3, -0.25) is 4.79 Å². The molecule has 0 spiro atoms. The molecule has 1 aliphatic rings. The van der Waals surface area contributed by atoms with Crippen LogP contribution in [0.15, 0.2) is 36.4 Å². The minimum Gasteiger partial charge on any atom is -0.453 e. The first kappa shape index (κ1) is 16.8. The first-order chi connectivity index (χ1) is 11.5. The predicted octanol–water partition coefficient (Wildman–Crippen LogP) is 5.70. The van der Waals surface area contributed by atoms with Crippen LogP contribution in [0.3, 0.4) is 0 Å². The van der Waals surface area contributed by atoms with Gasteiger partial charge in [-0.2, -0.15) is 0 Å². The lowest BCUT2D eigenvalue weighted by atomic mass is 9.86. The van der Waals surface area contributed by atoms with Gasteiger partial charge in [0, 0.05) is 5.56 Å². The van der Waals surface area contributed by atoms with Crippen molar-refractivity contribution < 1.29 is 9.53 Å². The van der Waals surface area contributed by atoms with E-state index in [1.807, 2.05) is 26.0 Å². The standard InChI is InChI=1S/C22H26O2/c1-14(2)8-9-16-10-11-17-6-5-7-19-20(24-22(23)15(3)4)13-12-18(16)21(17)19/h5-7,10-15,20H,8-9H2,1-4H3. The van der Waals surface area contributed by atoms with Crippen molar-refractivity contribution in [2.24, 2.45) is 11.8 Å². The van der Waals surface area contributed by atoms with Gasteiger partial charge in [0.2, 0.25) is 0 Å². The van der Waals surface area contributed by atoms with Crippen LogP contribution >= 0.6 is 0 Å². The molecular weight excluding hydrogens is 296 g/mol. The van der Waals surface area contributed by atoms with Crippen molar-refractivity contribution >= 4 is 22.8 Å². The van der Waals surface area contributed by atoms with Gasteiger partial charge >= 0.3 is 5.97 Å². The Bertz CT molecular complexity index is 784. The topological polar surface area (TPSA) is 26.3 Å². The lowest BCUT2D eigenvalue weighted by molar-refractivity contribution is -0.150. The highest BCUT2D eigenvalue weighted by atomic mass is 16.5. The van der Waals surface area contributed by atoms with E-state index in [1.165, 1.54) is 28.3 Å². The summed E-state index contributed by atoms with van der Waals surface area (Å²) in [6.07, 6.45) is 6.15. The van der Waals surface area contributed by atoms with Gasteiger partial charge in [0.15, 0.2) is 0 Å². The summed E-state index contributed by atoms with van der Waals surface area (Å²) in [5, 5.41) is 2.45. The minimum atomic E-state index is -0.281. The number of hydrogen-bond acceptors (Lipinski definition) is 2. The molecule has 2 heteroatoms. The van der Waals surface area contributed by atoms with E-state index < -0.39 is 0 Å². The van der Waals surface area contributed by atoms with Crippen LogP contribution in [0.1, 0.15) is 56.9 Å². The molecule has 0 fully saturated rings. The highest BCUT2D eigenvalue weighted by Gasteiger charge is 2.23. The van der Waals surface area contributed by atoms with Crippen LogP contribution in [0.5, 0.6) is 0 Å². The van der Waals surface area contributed by atoms with Crippen molar-refractivity contribution in [3.63, 3.8) is 0 Å². The summed E-state index contributed by atoms with van der Waals surface area (Å²) < 4.78 is 5.71. The van der Waals surface area contributed by atoms with Crippen molar-refractivity contribution in [2.45, 2.75) is 46.6 Å². The molecule has 0 heterocycles. The molecule has 24 heavy (non-hydrogen) atoms. The molecule has 2 nitrogen and oxygen atoms in total. The quantitative estimate of drug-likeness (QED) is 0.660. The Labute approximate surface area is 144 Å². The van der Waals surface area contributed by atoms with E-state index in [0.717, 1.165) is 12.0 Å². The minimum absolute atomic E-state index is 0.114. The van der Waals surface area contributed by atoms with Crippen molar-refractivity contribution in [1.29, 1.82) is 0 Å². The van der Waals surface area contributed by atoms with E-state index in [1.54, 1.807) is 0 Å². The Morgan fingerprint density at radius 2 is 1.92 bits per heavy atom. The predicted molar refractivity (Wildman–Crippen MR) is 99.8 cm³/mol.